The Kier molecular flexibility index (Phi) is 6.86. The summed E-state index contributed by atoms with van der Waals surface area (Å²) in [5.41, 5.74) is 7.61. The van der Waals surface area contributed by atoms with Gasteiger partial charge in [-0.25, -0.2) is 15.0 Å². The second-order valence-electron chi connectivity index (χ2n) is 12.4. The number of fused-ring (bicyclic) bond motifs is 6. The van der Waals surface area contributed by atoms with Gasteiger partial charge in [0.05, 0.1) is 0 Å². The van der Waals surface area contributed by atoms with Crippen LogP contribution >= 0.6 is 22.7 Å². The lowest BCUT2D eigenvalue weighted by atomic mass is 9.98. The van der Waals surface area contributed by atoms with Crippen molar-refractivity contribution in [2.45, 2.75) is 0 Å². The van der Waals surface area contributed by atoms with Gasteiger partial charge in [-0.05, 0) is 46.5 Å². The highest BCUT2D eigenvalue weighted by Gasteiger charge is 2.16. The first kappa shape index (κ1) is 29.0. The standard InChI is InChI=1S/C45H27N3S2/c1-2-11-29(12-3-1)43-46-44(30-25-23-28(24-26-30)34-18-9-19-36-35-15-4-6-20-38(35)50-42(34)36)48-45(47-43)32-14-8-13-31(27-32)33-17-10-22-40-41(33)37-16-5-7-21-39(37)49-40/h1-27H. The number of rotatable bonds is 5. The molecular weight excluding hydrogens is 647 g/mol. The van der Waals surface area contributed by atoms with E-state index in [-0.39, 0.29) is 0 Å². The zero-order chi connectivity index (χ0) is 33.0. The lowest BCUT2D eigenvalue weighted by molar-refractivity contribution is 1.07. The minimum atomic E-state index is 0.650. The Morgan fingerprint density at radius 1 is 0.320 bits per heavy atom. The number of hydrogen-bond donors (Lipinski definition) is 0. The van der Waals surface area contributed by atoms with E-state index in [1.54, 1.807) is 0 Å². The van der Waals surface area contributed by atoms with Crippen LogP contribution in [0.3, 0.4) is 0 Å². The topological polar surface area (TPSA) is 38.7 Å². The SMILES string of the molecule is c1ccc(-c2nc(-c3ccc(-c4cccc5c4sc4ccccc45)cc3)nc(-c3cccc(-c4cccc5sc6ccccc6c45)c3)n2)cc1. The Hall–Kier alpha value is -6.01. The average molecular weight is 674 g/mol. The highest BCUT2D eigenvalue weighted by molar-refractivity contribution is 7.26. The van der Waals surface area contributed by atoms with Gasteiger partial charge in [0.2, 0.25) is 0 Å². The maximum Gasteiger partial charge on any atom is 0.164 e. The summed E-state index contributed by atoms with van der Waals surface area (Å²) in [6, 6.07) is 57.9. The fourth-order valence-corrected chi connectivity index (χ4v) is 9.34. The largest absolute Gasteiger partial charge is 0.208 e. The van der Waals surface area contributed by atoms with Crippen LogP contribution in [0.4, 0.5) is 0 Å². The summed E-state index contributed by atoms with van der Waals surface area (Å²) < 4.78 is 5.20. The highest BCUT2D eigenvalue weighted by atomic mass is 32.1. The molecule has 0 unspecified atom stereocenters. The second-order valence-corrected chi connectivity index (χ2v) is 14.5. The van der Waals surface area contributed by atoms with E-state index in [1.807, 2.05) is 40.9 Å². The zero-order valence-electron chi connectivity index (χ0n) is 26.7. The molecule has 0 aliphatic rings. The zero-order valence-corrected chi connectivity index (χ0v) is 28.4. The first-order chi connectivity index (χ1) is 24.8. The maximum absolute atomic E-state index is 5.10. The van der Waals surface area contributed by atoms with Crippen LogP contribution in [0.15, 0.2) is 164 Å². The number of thiophene rings is 2. The molecule has 234 valence electrons. The molecule has 0 amide bonds. The van der Waals surface area contributed by atoms with Crippen molar-refractivity contribution < 1.29 is 0 Å². The van der Waals surface area contributed by atoms with Gasteiger partial charge in [0, 0.05) is 57.0 Å². The number of aromatic nitrogens is 3. The van der Waals surface area contributed by atoms with Crippen LogP contribution in [0.1, 0.15) is 0 Å². The molecule has 0 N–H and O–H groups in total. The van der Waals surface area contributed by atoms with E-state index >= 15 is 0 Å². The Morgan fingerprint density at radius 3 is 1.64 bits per heavy atom. The van der Waals surface area contributed by atoms with E-state index in [2.05, 4.69) is 146 Å². The van der Waals surface area contributed by atoms with Crippen molar-refractivity contribution in [1.82, 2.24) is 15.0 Å². The quantitative estimate of drug-likeness (QED) is 0.182. The first-order valence-electron chi connectivity index (χ1n) is 16.6. The van der Waals surface area contributed by atoms with Gasteiger partial charge in [-0.3, -0.25) is 0 Å². The molecule has 50 heavy (non-hydrogen) atoms. The Labute approximate surface area is 296 Å². The maximum atomic E-state index is 5.10. The molecule has 0 radical (unpaired) electrons. The second kappa shape index (κ2) is 11.8. The van der Waals surface area contributed by atoms with Gasteiger partial charge in [-0.1, -0.05) is 140 Å². The summed E-state index contributed by atoms with van der Waals surface area (Å²) in [5.74, 6) is 1.95. The fraction of sp³-hybridized carbons (Fsp3) is 0. The number of hydrogen-bond acceptors (Lipinski definition) is 5. The molecule has 10 aromatic rings. The van der Waals surface area contributed by atoms with Crippen molar-refractivity contribution in [2.75, 3.05) is 0 Å². The number of benzene rings is 7. The van der Waals surface area contributed by atoms with Crippen LogP contribution in [0.2, 0.25) is 0 Å². The fourth-order valence-electron chi connectivity index (χ4n) is 6.96. The predicted octanol–water partition coefficient (Wildman–Crippen LogP) is 12.9. The number of nitrogens with zero attached hydrogens (tertiary/aromatic N) is 3. The first-order valence-corrected chi connectivity index (χ1v) is 18.2. The summed E-state index contributed by atoms with van der Waals surface area (Å²) >= 11 is 3.69. The van der Waals surface area contributed by atoms with E-state index in [0.717, 1.165) is 22.3 Å². The van der Waals surface area contributed by atoms with Crippen LogP contribution < -0.4 is 0 Å². The normalized spacial score (nSPS) is 11.6. The molecule has 0 aliphatic carbocycles. The van der Waals surface area contributed by atoms with E-state index in [1.165, 1.54) is 57.0 Å². The summed E-state index contributed by atoms with van der Waals surface area (Å²) in [6.07, 6.45) is 0. The summed E-state index contributed by atoms with van der Waals surface area (Å²) in [7, 11) is 0. The van der Waals surface area contributed by atoms with Gasteiger partial charge < -0.3 is 0 Å². The summed E-state index contributed by atoms with van der Waals surface area (Å²) in [5, 5.41) is 5.18. The van der Waals surface area contributed by atoms with Crippen LogP contribution in [0.5, 0.6) is 0 Å². The van der Waals surface area contributed by atoms with Crippen molar-refractivity contribution in [3.8, 4) is 56.4 Å². The van der Waals surface area contributed by atoms with Crippen molar-refractivity contribution in [3.05, 3.63) is 164 Å². The average Bonchev–Trinajstić information content (AvgIpc) is 3.77. The minimum Gasteiger partial charge on any atom is -0.208 e. The molecule has 3 heterocycles. The summed E-state index contributed by atoms with van der Waals surface area (Å²) in [6.45, 7) is 0. The van der Waals surface area contributed by atoms with Gasteiger partial charge >= 0.3 is 0 Å². The van der Waals surface area contributed by atoms with Gasteiger partial charge in [-0.2, -0.15) is 0 Å². The van der Waals surface area contributed by atoms with Gasteiger partial charge in [0.1, 0.15) is 0 Å². The molecule has 10 rings (SSSR count). The molecule has 7 aromatic carbocycles. The van der Waals surface area contributed by atoms with Crippen molar-refractivity contribution in [3.63, 3.8) is 0 Å². The smallest absolute Gasteiger partial charge is 0.164 e. The molecule has 0 saturated carbocycles. The summed E-state index contributed by atoms with van der Waals surface area (Å²) in [4.78, 5) is 15.1. The molecular formula is C45H27N3S2. The van der Waals surface area contributed by atoms with Crippen LogP contribution in [-0.4, -0.2) is 15.0 Å². The Morgan fingerprint density at radius 2 is 0.840 bits per heavy atom. The van der Waals surface area contributed by atoms with Gasteiger partial charge in [0.15, 0.2) is 17.5 Å². The molecule has 0 fully saturated rings. The molecule has 3 nitrogen and oxygen atoms in total. The third-order valence-electron chi connectivity index (χ3n) is 9.36. The van der Waals surface area contributed by atoms with E-state index < -0.39 is 0 Å². The van der Waals surface area contributed by atoms with E-state index in [4.69, 9.17) is 15.0 Å². The van der Waals surface area contributed by atoms with Crippen molar-refractivity contribution >= 4 is 63.0 Å². The van der Waals surface area contributed by atoms with Crippen molar-refractivity contribution in [2.24, 2.45) is 0 Å². The third kappa shape index (κ3) is 4.90. The molecule has 0 bridgehead atoms. The van der Waals surface area contributed by atoms with Crippen LogP contribution in [0, 0.1) is 0 Å². The molecule has 0 saturated heterocycles. The van der Waals surface area contributed by atoms with Gasteiger partial charge in [0.25, 0.3) is 0 Å². The molecule has 0 aliphatic heterocycles. The molecule has 5 heteroatoms. The minimum absolute atomic E-state index is 0.650. The third-order valence-corrected chi connectivity index (χ3v) is 11.7. The van der Waals surface area contributed by atoms with Crippen LogP contribution in [-0.2, 0) is 0 Å². The monoisotopic (exact) mass is 673 g/mol. The van der Waals surface area contributed by atoms with Crippen molar-refractivity contribution in [1.29, 1.82) is 0 Å². The lowest BCUT2D eigenvalue weighted by Gasteiger charge is -2.11. The highest BCUT2D eigenvalue weighted by Crippen LogP contribution is 2.42. The molecule has 0 atom stereocenters. The van der Waals surface area contributed by atoms with Gasteiger partial charge in [-0.15, -0.1) is 22.7 Å². The van der Waals surface area contributed by atoms with Crippen LogP contribution in [0.25, 0.3) is 96.8 Å². The predicted molar refractivity (Wildman–Crippen MR) is 213 cm³/mol. The lowest BCUT2D eigenvalue weighted by Crippen LogP contribution is -2.00. The molecule has 0 spiro atoms. The van der Waals surface area contributed by atoms with E-state index in [9.17, 15) is 0 Å². The Balaban J connectivity index is 1.08. The Bertz CT molecular complexity index is 2870. The van der Waals surface area contributed by atoms with E-state index in [0.29, 0.717) is 17.5 Å². The molecule has 3 aromatic heterocycles.